The number of alkyl halides is 1. The Morgan fingerprint density at radius 3 is 2.55 bits per heavy atom. The van der Waals surface area contributed by atoms with Crippen molar-refractivity contribution in [2.45, 2.75) is 45.1 Å². The molecule has 0 bridgehead atoms. The zero-order chi connectivity index (χ0) is 22.8. The molecule has 0 aromatic heterocycles. The summed E-state index contributed by atoms with van der Waals surface area (Å²) >= 11 is 0. The Morgan fingerprint density at radius 2 is 1.82 bits per heavy atom. The molecule has 3 aliphatic rings. The summed E-state index contributed by atoms with van der Waals surface area (Å²) in [6.45, 7) is 5.09. The first kappa shape index (κ1) is 22.3. The molecule has 2 fully saturated rings. The Bertz CT molecular complexity index is 991. The van der Waals surface area contributed by atoms with Gasteiger partial charge in [-0.25, -0.2) is 0 Å². The van der Waals surface area contributed by atoms with Crippen molar-refractivity contribution in [3.8, 4) is 17.2 Å². The zero-order valence-electron chi connectivity index (χ0n) is 19.4. The number of halogens is 1. The van der Waals surface area contributed by atoms with E-state index >= 15 is 0 Å². The number of nitrogens with zero attached hydrogens (tertiary/aromatic N) is 1. The minimum Gasteiger partial charge on any atom is -0.508 e. The molecule has 5 rings (SSSR count). The highest BCUT2D eigenvalue weighted by atomic mass is 19.1. The molecular formula is C28H34FNO3. The number of likely N-dealkylation sites (tertiary alicyclic amines) is 1. The van der Waals surface area contributed by atoms with E-state index in [1.165, 1.54) is 43.3 Å². The van der Waals surface area contributed by atoms with E-state index in [-0.39, 0.29) is 24.4 Å². The van der Waals surface area contributed by atoms with Gasteiger partial charge in [0.05, 0.1) is 6.67 Å². The molecular weight excluding hydrogens is 417 g/mol. The maximum absolute atomic E-state index is 12.6. The minimum atomic E-state index is -0.218. The van der Waals surface area contributed by atoms with Crippen LogP contribution in [0.1, 0.15) is 56.3 Å². The predicted molar refractivity (Wildman–Crippen MR) is 128 cm³/mol. The minimum absolute atomic E-state index is 0.113. The van der Waals surface area contributed by atoms with Crippen molar-refractivity contribution in [3.05, 3.63) is 59.2 Å². The molecule has 4 nitrogen and oxygen atoms in total. The molecule has 1 N–H and O–H groups in total. The van der Waals surface area contributed by atoms with Crippen LogP contribution in [0.5, 0.6) is 17.2 Å². The quantitative estimate of drug-likeness (QED) is 0.547. The van der Waals surface area contributed by atoms with Crippen molar-refractivity contribution in [2.75, 3.05) is 32.9 Å². The molecule has 33 heavy (non-hydrogen) atoms. The fraction of sp³-hybridized carbons (Fsp3) is 0.500. The number of hydrogen-bond donors (Lipinski definition) is 1. The summed E-state index contributed by atoms with van der Waals surface area (Å²) in [6.07, 6.45) is 6.11. The molecule has 2 aromatic carbocycles. The first-order chi connectivity index (χ1) is 16.1. The lowest BCUT2D eigenvalue weighted by Crippen LogP contribution is -2.49. The average molecular weight is 452 g/mol. The highest BCUT2D eigenvalue weighted by Gasteiger charge is 2.33. The molecule has 0 unspecified atom stereocenters. The van der Waals surface area contributed by atoms with E-state index in [9.17, 15) is 9.50 Å². The van der Waals surface area contributed by atoms with Gasteiger partial charge in [-0.05, 0) is 72.7 Å². The summed E-state index contributed by atoms with van der Waals surface area (Å²) in [6, 6.07) is 13.7. The van der Waals surface area contributed by atoms with Crippen LogP contribution in [0.15, 0.2) is 48.0 Å². The highest BCUT2D eigenvalue weighted by molar-refractivity contribution is 5.76. The van der Waals surface area contributed by atoms with Gasteiger partial charge >= 0.3 is 0 Å². The maximum atomic E-state index is 12.6. The molecule has 1 aliphatic carbocycles. The Labute approximate surface area is 196 Å². The van der Waals surface area contributed by atoms with Gasteiger partial charge in [0, 0.05) is 31.1 Å². The third-order valence-electron chi connectivity index (χ3n) is 7.48. The number of rotatable bonds is 7. The monoisotopic (exact) mass is 451 g/mol. The van der Waals surface area contributed by atoms with E-state index in [4.69, 9.17) is 9.47 Å². The van der Waals surface area contributed by atoms with Gasteiger partial charge in [0.25, 0.3) is 0 Å². The van der Waals surface area contributed by atoms with Crippen LogP contribution in [0.3, 0.4) is 0 Å². The van der Waals surface area contributed by atoms with Gasteiger partial charge < -0.3 is 14.6 Å². The van der Waals surface area contributed by atoms with Crippen LogP contribution in [0.4, 0.5) is 4.39 Å². The summed E-state index contributed by atoms with van der Waals surface area (Å²) in [5.41, 5.74) is 4.74. The number of hydrogen-bond acceptors (Lipinski definition) is 4. The van der Waals surface area contributed by atoms with Crippen molar-refractivity contribution in [1.29, 1.82) is 0 Å². The van der Waals surface area contributed by atoms with Gasteiger partial charge in [0.1, 0.15) is 30.0 Å². The second-order valence-electron chi connectivity index (χ2n) is 9.79. The number of ether oxygens (including phenoxy) is 2. The maximum Gasteiger partial charge on any atom is 0.146 e. The lowest BCUT2D eigenvalue weighted by Gasteiger charge is -2.37. The first-order valence-corrected chi connectivity index (χ1v) is 12.3. The van der Waals surface area contributed by atoms with Gasteiger partial charge in [-0.3, -0.25) is 9.29 Å². The van der Waals surface area contributed by atoms with Crippen LogP contribution in [-0.2, 0) is 0 Å². The summed E-state index contributed by atoms with van der Waals surface area (Å²) in [5.74, 6) is 2.68. The highest BCUT2D eigenvalue weighted by Crippen LogP contribution is 2.48. The standard InChI is InChI=1S/C28H34FNO3/c1-19-25-15-23(31)9-12-26(25)33-28(27(19)21-5-3-2-4-6-21)22-7-10-24(11-8-22)32-14-13-30-17-20(16-29)18-30/h7-12,15,20-21,28,31H,2-6,13-14,16-18H2,1H3/t28-/m0/s1. The average Bonchev–Trinajstić information content (AvgIpc) is 2.82. The molecule has 0 radical (unpaired) electrons. The lowest BCUT2D eigenvalue weighted by molar-refractivity contribution is 0.0668. The van der Waals surface area contributed by atoms with Crippen LogP contribution >= 0.6 is 0 Å². The fourth-order valence-electron chi connectivity index (χ4n) is 5.63. The molecule has 0 amide bonds. The molecule has 2 aromatic rings. The molecule has 2 heterocycles. The largest absolute Gasteiger partial charge is 0.508 e. The van der Waals surface area contributed by atoms with Crippen molar-refractivity contribution >= 4 is 5.57 Å². The van der Waals surface area contributed by atoms with E-state index in [0.717, 1.165) is 42.3 Å². The van der Waals surface area contributed by atoms with Crippen LogP contribution in [0.2, 0.25) is 0 Å². The van der Waals surface area contributed by atoms with Crippen molar-refractivity contribution in [2.24, 2.45) is 11.8 Å². The third kappa shape index (κ3) is 4.74. The summed E-state index contributed by atoms with van der Waals surface area (Å²) < 4.78 is 25.1. The number of phenols is 1. The molecule has 2 aliphatic heterocycles. The van der Waals surface area contributed by atoms with Crippen LogP contribution in [0.25, 0.3) is 5.57 Å². The number of aromatic hydroxyl groups is 1. The van der Waals surface area contributed by atoms with Crippen LogP contribution < -0.4 is 9.47 Å². The molecule has 1 saturated heterocycles. The molecule has 5 heteroatoms. The Kier molecular flexibility index (Phi) is 6.59. The van der Waals surface area contributed by atoms with Gasteiger partial charge in [0.15, 0.2) is 0 Å². The zero-order valence-corrected chi connectivity index (χ0v) is 19.4. The Balaban J connectivity index is 1.32. The SMILES string of the molecule is CC1=C(C2CCCCC2)[C@H](c2ccc(OCCN3CC(CF)C3)cc2)Oc2ccc(O)cc21. The second-order valence-corrected chi connectivity index (χ2v) is 9.79. The van der Waals surface area contributed by atoms with Gasteiger partial charge in [-0.15, -0.1) is 0 Å². The number of fused-ring (bicyclic) bond motifs is 1. The van der Waals surface area contributed by atoms with Gasteiger partial charge in [0.2, 0.25) is 0 Å². The summed E-state index contributed by atoms with van der Waals surface area (Å²) in [5, 5.41) is 10.1. The van der Waals surface area contributed by atoms with Crippen molar-refractivity contribution < 1.29 is 19.0 Å². The topological polar surface area (TPSA) is 41.9 Å². The summed E-state index contributed by atoms with van der Waals surface area (Å²) in [4.78, 5) is 2.23. The van der Waals surface area contributed by atoms with Gasteiger partial charge in [-0.2, -0.15) is 0 Å². The fourth-order valence-corrected chi connectivity index (χ4v) is 5.63. The lowest BCUT2D eigenvalue weighted by atomic mass is 9.76. The van der Waals surface area contributed by atoms with Crippen molar-refractivity contribution in [1.82, 2.24) is 4.90 Å². The predicted octanol–water partition coefficient (Wildman–Crippen LogP) is 6.16. The van der Waals surface area contributed by atoms with Crippen LogP contribution in [0, 0.1) is 11.8 Å². The smallest absolute Gasteiger partial charge is 0.146 e. The molecule has 0 spiro atoms. The van der Waals surface area contributed by atoms with Crippen LogP contribution in [-0.4, -0.2) is 42.9 Å². The Hall–Kier alpha value is -2.53. The molecule has 176 valence electrons. The molecule has 1 atom stereocenters. The second kappa shape index (κ2) is 9.76. The number of allylic oxidation sites excluding steroid dienone is 1. The van der Waals surface area contributed by atoms with Crippen molar-refractivity contribution in [3.63, 3.8) is 0 Å². The first-order valence-electron chi connectivity index (χ1n) is 12.3. The van der Waals surface area contributed by atoms with Gasteiger partial charge in [-0.1, -0.05) is 31.4 Å². The number of benzene rings is 2. The third-order valence-corrected chi connectivity index (χ3v) is 7.48. The van der Waals surface area contributed by atoms with E-state index < -0.39 is 0 Å². The van der Waals surface area contributed by atoms with E-state index in [2.05, 4.69) is 24.0 Å². The molecule has 1 saturated carbocycles. The van der Waals surface area contributed by atoms with E-state index in [1.54, 1.807) is 6.07 Å². The van der Waals surface area contributed by atoms with E-state index in [1.807, 2.05) is 24.3 Å². The summed E-state index contributed by atoms with van der Waals surface area (Å²) in [7, 11) is 0. The van der Waals surface area contributed by atoms with E-state index in [0.29, 0.717) is 12.5 Å². The normalized spacial score (nSPS) is 21.9. The Morgan fingerprint density at radius 1 is 1.06 bits per heavy atom. The number of phenolic OH excluding ortho intramolecular Hbond substituents is 1.